The van der Waals surface area contributed by atoms with Crippen molar-refractivity contribution in [3.05, 3.63) is 54.6 Å². The molecule has 0 spiro atoms. The molecule has 4 rings (SSSR count). The zero-order valence-corrected chi connectivity index (χ0v) is 17.1. The molecule has 6 heteroatoms. The maximum atomic E-state index is 5.43. The van der Waals surface area contributed by atoms with Crippen molar-refractivity contribution < 1.29 is 9.47 Å². The van der Waals surface area contributed by atoms with Crippen molar-refractivity contribution >= 4 is 22.4 Å². The fourth-order valence-electron chi connectivity index (χ4n) is 3.75. The van der Waals surface area contributed by atoms with Crippen molar-refractivity contribution in [2.24, 2.45) is 0 Å². The minimum atomic E-state index is 0.806. The van der Waals surface area contributed by atoms with Gasteiger partial charge in [0.25, 0.3) is 0 Å². The van der Waals surface area contributed by atoms with Crippen LogP contribution in [0.4, 0.5) is 11.5 Å². The number of nitrogens with zero attached hydrogens (tertiary/aromatic N) is 3. The molecule has 0 radical (unpaired) electrons. The Morgan fingerprint density at radius 3 is 2.41 bits per heavy atom. The van der Waals surface area contributed by atoms with Crippen LogP contribution in [0.1, 0.15) is 0 Å². The summed E-state index contributed by atoms with van der Waals surface area (Å²) in [4.78, 5) is 9.65. The van der Waals surface area contributed by atoms with Gasteiger partial charge < -0.3 is 19.7 Å². The first kappa shape index (κ1) is 19.3. The van der Waals surface area contributed by atoms with E-state index in [4.69, 9.17) is 14.5 Å². The summed E-state index contributed by atoms with van der Waals surface area (Å²) in [6, 6.07) is 18.4. The van der Waals surface area contributed by atoms with Gasteiger partial charge in [-0.25, -0.2) is 4.98 Å². The van der Waals surface area contributed by atoms with Gasteiger partial charge in [-0.15, -0.1) is 0 Å². The number of pyridine rings is 1. The number of piperazine rings is 1. The predicted octanol–water partition coefficient (Wildman–Crippen LogP) is 3.49. The molecule has 152 valence electrons. The Morgan fingerprint density at radius 1 is 0.897 bits per heavy atom. The van der Waals surface area contributed by atoms with Crippen molar-refractivity contribution in [2.45, 2.75) is 0 Å². The highest BCUT2D eigenvalue weighted by molar-refractivity contribution is 5.85. The minimum absolute atomic E-state index is 0.806. The number of methoxy groups -OCH3 is 2. The van der Waals surface area contributed by atoms with Crippen LogP contribution in [0.2, 0.25) is 0 Å². The Kier molecular flexibility index (Phi) is 6.00. The number of aromatic nitrogens is 1. The summed E-state index contributed by atoms with van der Waals surface area (Å²) in [7, 11) is 3.38. The summed E-state index contributed by atoms with van der Waals surface area (Å²) in [6.07, 6.45) is 0. The van der Waals surface area contributed by atoms with Gasteiger partial charge >= 0.3 is 0 Å². The Morgan fingerprint density at radius 2 is 1.69 bits per heavy atom. The van der Waals surface area contributed by atoms with Gasteiger partial charge in [-0.3, -0.25) is 4.90 Å². The lowest BCUT2D eigenvalue weighted by Gasteiger charge is -2.36. The van der Waals surface area contributed by atoms with Crippen LogP contribution in [-0.4, -0.2) is 63.4 Å². The largest absolute Gasteiger partial charge is 0.497 e. The number of ether oxygens (including phenoxy) is 2. The number of fused-ring (bicyclic) bond motifs is 1. The Balaban J connectivity index is 1.27. The van der Waals surface area contributed by atoms with Crippen molar-refractivity contribution in [1.29, 1.82) is 0 Å². The fourth-order valence-corrected chi connectivity index (χ4v) is 3.75. The molecule has 1 aliphatic heterocycles. The highest BCUT2D eigenvalue weighted by atomic mass is 16.5. The van der Waals surface area contributed by atoms with E-state index < -0.39 is 0 Å². The number of rotatable bonds is 7. The van der Waals surface area contributed by atoms with E-state index in [9.17, 15) is 0 Å². The molecule has 0 unspecified atom stereocenters. The lowest BCUT2D eigenvalue weighted by molar-refractivity contribution is 0.267. The SMILES string of the molecule is COc1ccc(N2CCN(CCNc3ccc4cccc(OC)c4n3)CC2)cc1. The van der Waals surface area contributed by atoms with E-state index >= 15 is 0 Å². The van der Waals surface area contributed by atoms with Gasteiger partial charge in [-0.05, 0) is 42.5 Å². The first-order valence-electron chi connectivity index (χ1n) is 10.1. The zero-order valence-electron chi connectivity index (χ0n) is 17.1. The first-order chi connectivity index (χ1) is 14.3. The van der Waals surface area contributed by atoms with E-state index in [1.807, 2.05) is 30.3 Å². The van der Waals surface area contributed by atoms with Gasteiger partial charge in [0, 0.05) is 50.3 Å². The number of hydrogen-bond donors (Lipinski definition) is 1. The average molecular weight is 393 g/mol. The second-order valence-corrected chi connectivity index (χ2v) is 7.18. The molecular weight excluding hydrogens is 364 g/mol. The molecule has 1 aliphatic rings. The monoisotopic (exact) mass is 392 g/mol. The van der Waals surface area contributed by atoms with Gasteiger partial charge in [0.1, 0.15) is 22.8 Å². The van der Waals surface area contributed by atoms with E-state index in [1.54, 1.807) is 14.2 Å². The number of para-hydroxylation sites is 1. The van der Waals surface area contributed by atoms with Gasteiger partial charge in [-0.1, -0.05) is 12.1 Å². The second-order valence-electron chi connectivity index (χ2n) is 7.18. The third-order valence-electron chi connectivity index (χ3n) is 5.45. The van der Waals surface area contributed by atoms with E-state index in [1.165, 1.54) is 5.69 Å². The van der Waals surface area contributed by atoms with Crippen LogP contribution in [0.5, 0.6) is 11.5 Å². The maximum Gasteiger partial charge on any atom is 0.145 e. The summed E-state index contributed by atoms with van der Waals surface area (Å²) >= 11 is 0. The highest BCUT2D eigenvalue weighted by Crippen LogP contribution is 2.25. The molecule has 29 heavy (non-hydrogen) atoms. The van der Waals surface area contributed by atoms with Gasteiger partial charge in [0.2, 0.25) is 0 Å². The normalized spacial score (nSPS) is 14.8. The van der Waals surface area contributed by atoms with E-state index in [2.05, 4.69) is 39.4 Å². The average Bonchev–Trinajstić information content (AvgIpc) is 2.79. The Hall–Kier alpha value is -2.99. The van der Waals surface area contributed by atoms with Gasteiger partial charge in [0.15, 0.2) is 0 Å². The molecule has 3 aromatic rings. The summed E-state index contributed by atoms with van der Waals surface area (Å²) in [5.74, 6) is 2.60. The molecule has 1 fully saturated rings. The first-order valence-corrected chi connectivity index (χ1v) is 10.1. The van der Waals surface area contributed by atoms with Crippen molar-refractivity contribution in [3.63, 3.8) is 0 Å². The zero-order chi connectivity index (χ0) is 20.1. The molecule has 1 saturated heterocycles. The number of hydrogen-bond acceptors (Lipinski definition) is 6. The van der Waals surface area contributed by atoms with E-state index in [0.717, 1.165) is 67.5 Å². The van der Waals surface area contributed by atoms with Crippen LogP contribution in [0.15, 0.2) is 54.6 Å². The van der Waals surface area contributed by atoms with Crippen LogP contribution < -0.4 is 19.7 Å². The van der Waals surface area contributed by atoms with Crippen molar-refractivity contribution in [3.8, 4) is 11.5 Å². The third kappa shape index (κ3) is 4.54. The van der Waals surface area contributed by atoms with Crippen molar-refractivity contribution in [2.75, 3.05) is 63.7 Å². The number of nitrogens with one attached hydrogen (secondary N) is 1. The molecule has 0 bridgehead atoms. The third-order valence-corrected chi connectivity index (χ3v) is 5.45. The summed E-state index contributed by atoms with van der Waals surface area (Å²) in [5.41, 5.74) is 2.16. The molecule has 1 N–H and O–H groups in total. The van der Waals surface area contributed by atoms with Crippen LogP contribution >= 0.6 is 0 Å². The molecular formula is C23H28N4O2. The molecule has 0 saturated carbocycles. The lowest BCUT2D eigenvalue weighted by Crippen LogP contribution is -2.47. The highest BCUT2D eigenvalue weighted by Gasteiger charge is 2.17. The number of anilines is 2. The molecule has 6 nitrogen and oxygen atoms in total. The Labute approximate surface area is 172 Å². The maximum absolute atomic E-state index is 5.43. The molecule has 2 heterocycles. The van der Waals surface area contributed by atoms with E-state index in [-0.39, 0.29) is 0 Å². The second kappa shape index (κ2) is 9.01. The fraction of sp³-hybridized carbons (Fsp3) is 0.348. The molecule has 2 aromatic carbocycles. The van der Waals surface area contributed by atoms with E-state index in [0.29, 0.717) is 0 Å². The smallest absolute Gasteiger partial charge is 0.145 e. The molecule has 0 aliphatic carbocycles. The van der Waals surface area contributed by atoms with Crippen LogP contribution in [0, 0.1) is 0 Å². The standard InChI is InChI=1S/C23H28N4O2/c1-28-20-9-7-19(8-10-20)27-16-14-26(15-17-27)13-12-24-22-11-6-18-4-3-5-21(29-2)23(18)25-22/h3-11H,12-17H2,1-2H3,(H,24,25). The summed E-state index contributed by atoms with van der Waals surface area (Å²) in [5, 5.41) is 4.54. The Bertz CT molecular complexity index is 937. The van der Waals surface area contributed by atoms with Crippen LogP contribution in [0.25, 0.3) is 10.9 Å². The topological polar surface area (TPSA) is 49.9 Å². The van der Waals surface area contributed by atoms with Crippen LogP contribution in [-0.2, 0) is 0 Å². The van der Waals surface area contributed by atoms with Crippen molar-refractivity contribution in [1.82, 2.24) is 9.88 Å². The molecule has 1 aromatic heterocycles. The summed E-state index contributed by atoms with van der Waals surface area (Å²) < 4.78 is 10.7. The molecule has 0 amide bonds. The van der Waals surface area contributed by atoms with Gasteiger partial charge in [-0.2, -0.15) is 0 Å². The quantitative estimate of drug-likeness (QED) is 0.664. The molecule has 0 atom stereocenters. The predicted molar refractivity (Wildman–Crippen MR) is 118 cm³/mol. The summed E-state index contributed by atoms with van der Waals surface area (Å²) in [6.45, 7) is 6.08. The minimum Gasteiger partial charge on any atom is -0.497 e. The van der Waals surface area contributed by atoms with Crippen LogP contribution in [0.3, 0.4) is 0 Å². The van der Waals surface area contributed by atoms with Gasteiger partial charge in [0.05, 0.1) is 14.2 Å². The number of benzene rings is 2. The lowest BCUT2D eigenvalue weighted by atomic mass is 10.2.